The van der Waals surface area contributed by atoms with Gasteiger partial charge in [-0.25, -0.2) is 0 Å². The minimum absolute atomic E-state index is 0.201. The fourth-order valence-electron chi connectivity index (χ4n) is 2.27. The van der Waals surface area contributed by atoms with Gasteiger partial charge in [0.05, 0.1) is 0 Å². The third-order valence-corrected chi connectivity index (χ3v) is 3.48. The van der Waals surface area contributed by atoms with Crippen LogP contribution in [-0.2, 0) is 6.42 Å². The quantitative estimate of drug-likeness (QED) is 0.821. The second-order valence-electron chi connectivity index (χ2n) is 4.89. The summed E-state index contributed by atoms with van der Waals surface area (Å²) in [5, 5.41) is 4.02. The Morgan fingerprint density at radius 2 is 2.12 bits per heavy atom. The molecular formula is C11H18N4O. The number of hydrogen-bond acceptors (Lipinski definition) is 5. The van der Waals surface area contributed by atoms with E-state index < -0.39 is 0 Å². The molecule has 0 spiro atoms. The summed E-state index contributed by atoms with van der Waals surface area (Å²) < 4.78 is 5.24. The van der Waals surface area contributed by atoms with Gasteiger partial charge in [-0.15, -0.1) is 0 Å². The summed E-state index contributed by atoms with van der Waals surface area (Å²) in [6.45, 7) is 2.10. The maximum Gasteiger partial charge on any atom is 0.266 e. The van der Waals surface area contributed by atoms with E-state index in [1.54, 1.807) is 0 Å². The molecule has 1 atom stereocenters. The predicted molar refractivity (Wildman–Crippen MR) is 60.1 cm³/mol. The fraction of sp³-hybridized carbons (Fsp3) is 0.818. The molecule has 1 aromatic rings. The van der Waals surface area contributed by atoms with E-state index in [0.29, 0.717) is 11.8 Å². The van der Waals surface area contributed by atoms with Crippen LogP contribution in [0.5, 0.6) is 0 Å². The van der Waals surface area contributed by atoms with Crippen LogP contribution < -0.4 is 10.6 Å². The van der Waals surface area contributed by atoms with E-state index in [9.17, 15) is 0 Å². The highest BCUT2D eigenvalue weighted by atomic mass is 16.5. The SMILES string of the molecule is NC(Cc1nc(N2CCCC2)no1)C1CC1. The molecule has 2 N–H and O–H groups in total. The van der Waals surface area contributed by atoms with Gasteiger partial charge in [0.2, 0.25) is 5.89 Å². The van der Waals surface area contributed by atoms with Crippen LogP contribution in [0.4, 0.5) is 5.95 Å². The Hall–Kier alpha value is -1.10. The standard InChI is InChI=1S/C11H18N4O/c12-9(8-3-4-8)7-10-13-11(14-16-10)15-5-1-2-6-15/h8-9H,1-7,12H2. The molecule has 1 aliphatic heterocycles. The monoisotopic (exact) mass is 222 g/mol. The summed E-state index contributed by atoms with van der Waals surface area (Å²) in [6, 6.07) is 0.201. The fourth-order valence-corrected chi connectivity index (χ4v) is 2.27. The molecule has 0 bridgehead atoms. The largest absolute Gasteiger partial charge is 0.338 e. The maximum atomic E-state index is 6.03. The summed E-state index contributed by atoms with van der Waals surface area (Å²) >= 11 is 0. The Labute approximate surface area is 95.0 Å². The molecule has 1 saturated heterocycles. The van der Waals surface area contributed by atoms with Gasteiger partial charge in [-0.1, -0.05) is 0 Å². The van der Waals surface area contributed by atoms with Crippen molar-refractivity contribution in [3.63, 3.8) is 0 Å². The van der Waals surface area contributed by atoms with Gasteiger partial charge < -0.3 is 15.2 Å². The van der Waals surface area contributed by atoms with E-state index in [-0.39, 0.29) is 6.04 Å². The first-order valence-electron chi connectivity index (χ1n) is 6.16. The minimum Gasteiger partial charge on any atom is -0.338 e. The van der Waals surface area contributed by atoms with Crippen LogP contribution in [0.3, 0.4) is 0 Å². The van der Waals surface area contributed by atoms with Crippen molar-refractivity contribution in [2.45, 2.75) is 38.1 Å². The van der Waals surface area contributed by atoms with Gasteiger partial charge in [-0.3, -0.25) is 0 Å². The molecule has 0 aromatic carbocycles. The zero-order valence-electron chi connectivity index (χ0n) is 9.43. The van der Waals surface area contributed by atoms with E-state index in [0.717, 1.165) is 25.5 Å². The zero-order chi connectivity index (χ0) is 11.0. The highest BCUT2D eigenvalue weighted by Crippen LogP contribution is 2.32. The molecule has 1 aromatic heterocycles. The van der Waals surface area contributed by atoms with Crippen LogP contribution >= 0.6 is 0 Å². The van der Waals surface area contributed by atoms with Gasteiger partial charge in [0, 0.05) is 25.6 Å². The van der Waals surface area contributed by atoms with Gasteiger partial charge in [0.1, 0.15) is 0 Å². The smallest absolute Gasteiger partial charge is 0.266 e. The number of nitrogens with two attached hydrogens (primary N) is 1. The van der Waals surface area contributed by atoms with Gasteiger partial charge in [0.15, 0.2) is 0 Å². The molecule has 1 unspecified atom stereocenters. The number of nitrogens with zero attached hydrogens (tertiary/aromatic N) is 3. The topological polar surface area (TPSA) is 68.2 Å². The summed E-state index contributed by atoms with van der Waals surface area (Å²) in [7, 11) is 0. The second-order valence-corrected chi connectivity index (χ2v) is 4.89. The van der Waals surface area contributed by atoms with Gasteiger partial charge >= 0.3 is 0 Å². The molecule has 0 radical (unpaired) electrons. The first-order valence-corrected chi connectivity index (χ1v) is 6.16. The molecule has 5 nitrogen and oxygen atoms in total. The van der Waals surface area contributed by atoms with Crippen LogP contribution in [0.2, 0.25) is 0 Å². The third kappa shape index (κ3) is 2.04. The molecule has 1 aliphatic carbocycles. The summed E-state index contributed by atoms with van der Waals surface area (Å²) in [5.74, 6) is 2.12. The van der Waals surface area contributed by atoms with Crippen LogP contribution in [0.15, 0.2) is 4.52 Å². The van der Waals surface area contributed by atoms with Gasteiger partial charge in [0.25, 0.3) is 5.95 Å². The Kier molecular flexibility index (Phi) is 2.55. The molecule has 2 aliphatic rings. The normalized spacial score (nSPS) is 22.7. The van der Waals surface area contributed by atoms with Crippen molar-refractivity contribution in [2.24, 2.45) is 11.7 Å². The molecule has 5 heteroatoms. The maximum absolute atomic E-state index is 6.03. The van der Waals surface area contributed by atoms with E-state index in [2.05, 4.69) is 15.0 Å². The first-order chi connectivity index (χ1) is 7.83. The Morgan fingerprint density at radius 1 is 1.38 bits per heavy atom. The lowest BCUT2D eigenvalue weighted by atomic mass is 10.1. The van der Waals surface area contributed by atoms with Crippen molar-refractivity contribution in [2.75, 3.05) is 18.0 Å². The van der Waals surface area contributed by atoms with E-state index in [4.69, 9.17) is 10.3 Å². The molecule has 88 valence electrons. The Morgan fingerprint density at radius 3 is 2.81 bits per heavy atom. The molecule has 2 heterocycles. The van der Waals surface area contributed by atoms with Crippen molar-refractivity contribution >= 4 is 5.95 Å². The number of anilines is 1. The summed E-state index contributed by atoms with van der Waals surface area (Å²) in [5.41, 5.74) is 6.03. The minimum atomic E-state index is 0.201. The molecule has 3 rings (SSSR count). The van der Waals surface area contributed by atoms with Gasteiger partial charge in [-0.2, -0.15) is 4.98 Å². The predicted octanol–water partition coefficient (Wildman–Crippen LogP) is 0.950. The van der Waals surface area contributed by atoms with Crippen molar-refractivity contribution in [1.29, 1.82) is 0 Å². The third-order valence-electron chi connectivity index (χ3n) is 3.48. The van der Waals surface area contributed by atoms with Gasteiger partial charge in [-0.05, 0) is 36.8 Å². The molecule has 2 fully saturated rings. The molecule has 1 saturated carbocycles. The molecular weight excluding hydrogens is 204 g/mol. The molecule has 0 amide bonds. The molecule has 16 heavy (non-hydrogen) atoms. The number of aromatic nitrogens is 2. The van der Waals surface area contributed by atoms with Crippen LogP contribution in [0.25, 0.3) is 0 Å². The lowest BCUT2D eigenvalue weighted by Gasteiger charge is -2.10. The van der Waals surface area contributed by atoms with Crippen molar-refractivity contribution in [1.82, 2.24) is 10.1 Å². The highest BCUT2D eigenvalue weighted by Gasteiger charge is 2.30. The highest BCUT2D eigenvalue weighted by molar-refractivity contribution is 5.28. The Balaban J connectivity index is 1.62. The first kappa shape index (κ1) is 10.1. The zero-order valence-corrected chi connectivity index (χ0v) is 9.43. The average Bonchev–Trinajstić information content (AvgIpc) is 2.80. The lowest BCUT2D eigenvalue weighted by molar-refractivity contribution is 0.363. The Bertz CT molecular complexity index is 355. The number of hydrogen-bond donors (Lipinski definition) is 1. The van der Waals surface area contributed by atoms with Crippen molar-refractivity contribution < 1.29 is 4.52 Å². The summed E-state index contributed by atoms with van der Waals surface area (Å²) in [6.07, 6.45) is 5.70. The summed E-state index contributed by atoms with van der Waals surface area (Å²) in [4.78, 5) is 6.59. The second kappa shape index (κ2) is 4.05. The average molecular weight is 222 g/mol. The van der Waals surface area contributed by atoms with Crippen molar-refractivity contribution in [3.05, 3.63) is 5.89 Å². The van der Waals surface area contributed by atoms with Crippen molar-refractivity contribution in [3.8, 4) is 0 Å². The lowest BCUT2D eigenvalue weighted by Crippen LogP contribution is -2.25. The van der Waals surface area contributed by atoms with Crippen LogP contribution in [0.1, 0.15) is 31.6 Å². The van der Waals surface area contributed by atoms with E-state index in [1.807, 2.05) is 0 Å². The van der Waals surface area contributed by atoms with E-state index in [1.165, 1.54) is 25.7 Å². The van der Waals surface area contributed by atoms with Crippen LogP contribution in [-0.4, -0.2) is 29.3 Å². The number of rotatable bonds is 4. The van der Waals surface area contributed by atoms with E-state index >= 15 is 0 Å². The van der Waals surface area contributed by atoms with Crippen LogP contribution in [0, 0.1) is 5.92 Å².